The molecule has 0 aliphatic carbocycles. The van der Waals surface area contributed by atoms with Crippen LogP contribution in [0.1, 0.15) is 12.8 Å². The zero-order valence-electron chi connectivity index (χ0n) is 11.3. The molecular formula is C13H22N4OS. The van der Waals surface area contributed by atoms with Crippen LogP contribution < -0.4 is 10.6 Å². The fraction of sp³-hybridized carbons (Fsp3) is 0.769. The lowest BCUT2D eigenvalue weighted by molar-refractivity contribution is -0.0263. The Bertz CT molecular complexity index is 383. The minimum Gasteiger partial charge on any atom is -0.381 e. The second-order valence-electron chi connectivity index (χ2n) is 5.33. The van der Waals surface area contributed by atoms with E-state index in [0.717, 1.165) is 63.9 Å². The normalized spacial score (nSPS) is 24.6. The quantitative estimate of drug-likeness (QED) is 0.887. The highest BCUT2D eigenvalue weighted by Gasteiger charge is 2.38. The Labute approximate surface area is 118 Å². The molecule has 5 nitrogen and oxygen atoms in total. The molecule has 19 heavy (non-hydrogen) atoms. The van der Waals surface area contributed by atoms with Gasteiger partial charge in [-0.2, -0.15) is 0 Å². The van der Waals surface area contributed by atoms with Gasteiger partial charge in [0.25, 0.3) is 0 Å². The maximum absolute atomic E-state index is 6.08. The Morgan fingerprint density at radius 1 is 1.26 bits per heavy atom. The van der Waals surface area contributed by atoms with Gasteiger partial charge in [-0.3, -0.25) is 4.90 Å². The smallest absolute Gasteiger partial charge is 0.185 e. The van der Waals surface area contributed by atoms with E-state index in [-0.39, 0.29) is 5.54 Å². The summed E-state index contributed by atoms with van der Waals surface area (Å²) in [6.07, 6.45) is 4.02. The first kappa shape index (κ1) is 13.3. The van der Waals surface area contributed by atoms with E-state index in [1.165, 1.54) is 0 Å². The molecule has 0 radical (unpaired) electrons. The van der Waals surface area contributed by atoms with Gasteiger partial charge in [0, 0.05) is 63.1 Å². The van der Waals surface area contributed by atoms with Gasteiger partial charge >= 0.3 is 0 Å². The molecule has 2 saturated heterocycles. The van der Waals surface area contributed by atoms with Crippen LogP contribution in [0, 0.1) is 0 Å². The molecule has 0 saturated carbocycles. The van der Waals surface area contributed by atoms with E-state index in [1.54, 1.807) is 11.3 Å². The third-order valence-corrected chi connectivity index (χ3v) is 5.28. The molecule has 3 rings (SSSR count). The average molecular weight is 282 g/mol. The number of rotatable bonds is 3. The summed E-state index contributed by atoms with van der Waals surface area (Å²) in [7, 11) is 0. The van der Waals surface area contributed by atoms with Gasteiger partial charge in [0.1, 0.15) is 0 Å². The molecule has 6 heteroatoms. The fourth-order valence-electron chi connectivity index (χ4n) is 3.14. The predicted octanol–water partition coefficient (Wildman–Crippen LogP) is 0.773. The average Bonchev–Trinajstić information content (AvgIpc) is 3.02. The second kappa shape index (κ2) is 5.75. The zero-order chi connectivity index (χ0) is 13.1. The SMILES string of the molecule is NCC1(N2CCN(c3nccs3)CC2)CCOCC1. The molecule has 3 heterocycles. The number of anilines is 1. The number of piperazine rings is 1. The van der Waals surface area contributed by atoms with Crippen molar-refractivity contribution in [3.05, 3.63) is 11.6 Å². The monoisotopic (exact) mass is 282 g/mol. The third-order valence-electron chi connectivity index (χ3n) is 4.44. The van der Waals surface area contributed by atoms with E-state index >= 15 is 0 Å². The lowest BCUT2D eigenvalue weighted by atomic mass is 9.87. The van der Waals surface area contributed by atoms with E-state index in [2.05, 4.69) is 14.8 Å². The van der Waals surface area contributed by atoms with E-state index in [4.69, 9.17) is 10.5 Å². The molecule has 106 valence electrons. The summed E-state index contributed by atoms with van der Waals surface area (Å²) in [5.74, 6) is 0. The molecular weight excluding hydrogens is 260 g/mol. The van der Waals surface area contributed by atoms with Gasteiger partial charge in [0.2, 0.25) is 0 Å². The van der Waals surface area contributed by atoms with Crippen LogP contribution in [0.5, 0.6) is 0 Å². The molecule has 0 unspecified atom stereocenters. The molecule has 1 aromatic heterocycles. The standard InChI is InChI=1S/C13H22N4OS/c14-11-13(1-8-18-9-2-13)17-6-4-16(5-7-17)12-15-3-10-19-12/h3,10H,1-2,4-9,11,14H2. The van der Waals surface area contributed by atoms with Crippen LogP contribution in [0.3, 0.4) is 0 Å². The molecule has 2 aliphatic heterocycles. The first-order valence-corrected chi connectivity index (χ1v) is 7.89. The van der Waals surface area contributed by atoms with Crippen molar-refractivity contribution in [2.45, 2.75) is 18.4 Å². The van der Waals surface area contributed by atoms with Gasteiger partial charge in [0.15, 0.2) is 5.13 Å². The van der Waals surface area contributed by atoms with Crippen molar-refractivity contribution in [1.82, 2.24) is 9.88 Å². The summed E-state index contributed by atoms with van der Waals surface area (Å²) in [4.78, 5) is 9.36. The van der Waals surface area contributed by atoms with E-state index < -0.39 is 0 Å². The van der Waals surface area contributed by atoms with Crippen molar-refractivity contribution in [2.75, 3.05) is 50.8 Å². The van der Waals surface area contributed by atoms with Gasteiger partial charge in [-0.15, -0.1) is 11.3 Å². The highest BCUT2D eigenvalue weighted by Crippen LogP contribution is 2.29. The van der Waals surface area contributed by atoms with E-state index in [1.807, 2.05) is 11.6 Å². The Morgan fingerprint density at radius 3 is 2.58 bits per heavy atom. The topological polar surface area (TPSA) is 54.6 Å². The molecule has 2 fully saturated rings. The van der Waals surface area contributed by atoms with Crippen LogP contribution in [0.2, 0.25) is 0 Å². The summed E-state index contributed by atoms with van der Waals surface area (Å²) in [5.41, 5.74) is 6.25. The van der Waals surface area contributed by atoms with Gasteiger partial charge in [-0.1, -0.05) is 0 Å². The summed E-state index contributed by atoms with van der Waals surface area (Å²) < 4.78 is 5.50. The molecule has 0 spiro atoms. The van der Waals surface area contributed by atoms with Gasteiger partial charge in [0.05, 0.1) is 0 Å². The number of ether oxygens (including phenoxy) is 1. The van der Waals surface area contributed by atoms with Crippen molar-refractivity contribution in [1.29, 1.82) is 0 Å². The second-order valence-corrected chi connectivity index (χ2v) is 6.20. The summed E-state index contributed by atoms with van der Waals surface area (Å²) in [6.45, 7) is 6.71. The van der Waals surface area contributed by atoms with Crippen molar-refractivity contribution in [2.24, 2.45) is 5.73 Å². The molecule has 2 aliphatic rings. The Hall–Kier alpha value is -0.690. The van der Waals surface area contributed by atoms with Gasteiger partial charge in [-0.05, 0) is 12.8 Å². The van der Waals surface area contributed by atoms with Crippen LogP contribution in [0.15, 0.2) is 11.6 Å². The minimum atomic E-state index is 0.174. The third kappa shape index (κ3) is 2.63. The first-order chi connectivity index (χ1) is 9.34. The molecule has 0 amide bonds. The van der Waals surface area contributed by atoms with E-state index in [9.17, 15) is 0 Å². The molecule has 1 aromatic rings. The summed E-state index contributed by atoms with van der Waals surface area (Å²) >= 11 is 1.72. The van der Waals surface area contributed by atoms with Crippen LogP contribution >= 0.6 is 11.3 Å². The van der Waals surface area contributed by atoms with Gasteiger partial charge < -0.3 is 15.4 Å². The van der Waals surface area contributed by atoms with E-state index in [0.29, 0.717) is 0 Å². The maximum atomic E-state index is 6.08. The summed E-state index contributed by atoms with van der Waals surface area (Å²) in [5, 5.41) is 3.19. The van der Waals surface area contributed by atoms with Crippen molar-refractivity contribution in [3.8, 4) is 0 Å². The molecule has 2 N–H and O–H groups in total. The number of hydrogen-bond acceptors (Lipinski definition) is 6. The number of hydrogen-bond donors (Lipinski definition) is 1. The number of thiazole rings is 1. The van der Waals surface area contributed by atoms with Crippen LogP contribution in [-0.4, -0.2) is 61.4 Å². The summed E-state index contributed by atoms with van der Waals surface area (Å²) in [6, 6.07) is 0. The molecule has 0 bridgehead atoms. The van der Waals surface area contributed by atoms with Crippen LogP contribution in [-0.2, 0) is 4.74 Å². The lowest BCUT2D eigenvalue weighted by Gasteiger charge is -2.49. The highest BCUT2D eigenvalue weighted by molar-refractivity contribution is 7.13. The largest absolute Gasteiger partial charge is 0.381 e. The Balaban J connectivity index is 1.62. The number of aromatic nitrogens is 1. The molecule has 0 aromatic carbocycles. The molecule has 0 atom stereocenters. The maximum Gasteiger partial charge on any atom is 0.185 e. The minimum absolute atomic E-state index is 0.174. The Morgan fingerprint density at radius 2 is 2.00 bits per heavy atom. The predicted molar refractivity (Wildman–Crippen MR) is 77.7 cm³/mol. The number of nitrogens with zero attached hydrogens (tertiary/aromatic N) is 3. The highest BCUT2D eigenvalue weighted by atomic mass is 32.1. The van der Waals surface area contributed by atoms with Crippen LogP contribution in [0.4, 0.5) is 5.13 Å². The van der Waals surface area contributed by atoms with Crippen LogP contribution in [0.25, 0.3) is 0 Å². The Kier molecular flexibility index (Phi) is 4.02. The zero-order valence-corrected chi connectivity index (χ0v) is 12.1. The first-order valence-electron chi connectivity index (χ1n) is 7.01. The van der Waals surface area contributed by atoms with Gasteiger partial charge in [-0.25, -0.2) is 4.98 Å². The lowest BCUT2D eigenvalue weighted by Crippen LogP contribution is -2.62. The fourth-order valence-corrected chi connectivity index (χ4v) is 3.84. The van der Waals surface area contributed by atoms with Crippen molar-refractivity contribution < 1.29 is 4.74 Å². The number of nitrogens with two attached hydrogens (primary N) is 1. The van der Waals surface area contributed by atoms with Crippen molar-refractivity contribution in [3.63, 3.8) is 0 Å². The van der Waals surface area contributed by atoms with Crippen molar-refractivity contribution >= 4 is 16.5 Å².